The van der Waals surface area contributed by atoms with Crippen LogP contribution in [0.5, 0.6) is 17.2 Å². The molecule has 14 heteroatoms. The summed E-state index contributed by atoms with van der Waals surface area (Å²) in [7, 11) is 1.57. The second-order valence-electron chi connectivity index (χ2n) is 7.32. The Balaban J connectivity index is 1.59. The third-order valence-electron chi connectivity index (χ3n) is 4.78. The Hall–Kier alpha value is -4.98. The van der Waals surface area contributed by atoms with Gasteiger partial charge >= 0.3 is 0 Å². The number of phenolic OH excluding ortho intramolecular Hbond substituents is 2. The van der Waals surface area contributed by atoms with E-state index in [4.69, 9.17) is 4.74 Å². The van der Waals surface area contributed by atoms with Crippen LogP contribution in [0, 0.1) is 10.1 Å². The van der Waals surface area contributed by atoms with Gasteiger partial charge in [0.15, 0.2) is 0 Å². The molecule has 13 nitrogen and oxygen atoms in total. The Morgan fingerprint density at radius 2 is 1.49 bits per heavy atom. The van der Waals surface area contributed by atoms with Gasteiger partial charge in [-0.25, -0.2) is 5.43 Å². The third-order valence-corrected chi connectivity index (χ3v) is 5.42. The Morgan fingerprint density at radius 3 is 2.05 bits per heavy atom. The summed E-state index contributed by atoms with van der Waals surface area (Å²) in [6.07, 6.45) is 1.32. The zero-order valence-corrected chi connectivity index (χ0v) is 20.7. The summed E-state index contributed by atoms with van der Waals surface area (Å²) >= 11 is 3.18. The maximum absolute atomic E-state index is 10.9. The Kier molecular flexibility index (Phi) is 7.59. The normalized spacial score (nSPS) is 10.8. The van der Waals surface area contributed by atoms with Gasteiger partial charge in [0, 0.05) is 35.1 Å². The second kappa shape index (κ2) is 11.2. The predicted molar refractivity (Wildman–Crippen MR) is 141 cm³/mol. The van der Waals surface area contributed by atoms with E-state index < -0.39 is 4.92 Å². The predicted octanol–water partition coefficient (Wildman–Crippen LogP) is 4.90. The largest absolute Gasteiger partial charge is 0.507 e. The molecule has 0 spiro atoms. The molecule has 0 unspecified atom stereocenters. The molecule has 5 N–H and O–H groups in total. The molecule has 0 amide bonds. The van der Waals surface area contributed by atoms with E-state index in [1.807, 2.05) is 0 Å². The van der Waals surface area contributed by atoms with E-state index in [-0.39, 0.29) is 35.0 Å². The summed E-state index contributed by atoms with van der Waals surface area (Å²) in [6.45, 7) is 0. The van der Waals surface area contributed by atoms with Crippen molar-refractivity contribution in [3.8, 4) is 17.2 Å². The van der Waals surface area contributed by atoms with Gasteiger partial charge in [-0.3, -0.25) is 10.1 Å². The van der Waals surface area contributed by atoms with Crippen molar-refractivity contribution < 1.29 is 19.9 Å². The molecule has 0 bridgehead atoms. The number of non-ortho nitro benzene ring substituents is 1. The maximum Gasteiger partial charge on any atom is 0.269 e. The molecule has 37 heavy (non-hydrogen) atoms. The smallest absolute Gasteiger partial charge is 0.269 e. The van der Waals surface area contributed by atoms with Crippen molar-refractivity contribution in [1.82, 2.24) is 15.0 Å². The number of hydrogen-bond donors (Lipinski definition) is 5. The van der Waals surface area contributed by atoms with Crippen LogP contribution < -0.4 is 20.8 Å². The molecule has 4 rings (SSSR count). The number of halogens is 1. The molecule has 0 atom stereocenters. The van der Waals surface area contributed by atoms with Gasteiger partial charge in [0.2, 0.25) is 17.8 Å². The van der Waals surface area contributed by atoms with E-state index >= 15 is 0 Å². The molecular weight excluding hydrogens is 548 g/mol. The first-order chi connectivity index (χ1) is 17.8. The summed E-state index contributed by atoms with van der Waals surface area (Å²) in [5.41, 5.74) is 4.15. The lowest BCUT2D eigenvalue weighted by Gasteiger charge is -2.10. The number of phenols is 2. The Bertz CT molecular complexity index is 1450. The van der Waals surface area contributed by atoms with E-state index in [0.29, 0.717) is 27.2 Å². The van der Waals surface area contributed by atoms with E-state index in [1.165, 1.54) is 42.6 Å². The summed E-state index contributed by atoms with van der Waals surface area (Å²) in [5, 5.41) is 40.7. The highest BCUT2D eigenvalue weighted by Gasteiger charge is 2.10. The van der Waals surface area contributed by atoms with Gasteiger partial charge in [0.25, 0.3) is 5.69 Å². The van der Waals surface area contributed by atoms with E-state index in [1.54, 1.807) is 31.4 Å². The number of anilines is 5. The van der Waals surface area contributed by atoms with Crippen LogP contribution in [-0.4, -0.2) is 43.4 Å². The van der Waals surface area contributed by atoms with Gasteiger partial charge in [-0.2, -0.15) is 20.1 Å². The van der Waals surface area contributed by atoms with Crippen LogP contribution in [0.3, 0.4) is 0 Å². The number of nitro benzene ring substituents is 1. The second-order valence-corrected chi connectivity index (χ2v) is 8.18. The lowest BCUT2D eigenvalue weighted by molar-refractivity contribution is -0.384. The lowest BCUT2D eigenvalue weighted by Crippen LogP contribution is -2.07. The van der Waals surface area contributed by atoms with Crippen LogP contribution in [0.25, 0.3) is 0 Å². The highest BCUT2D eigenvalue weighted by Crippen LogP contribution is 2.30. The number of benzene rings is 3. The molecule has 0 saturated heterocycles. The Labute approximate surface area is 218 Å². The molecular formula is C23H19BrN8O5. The molecule has 3 aromatic carbocycles. The van der Waals surface area contributed by atoms with Crippen LogP contribution in [0.2, 0.25) is 0 Å². The van der Waals surface area contributed by atoms with Crippen LogP contribution in [0.1, 0.15) is 5.56 Å². The van der Waals surface area contributed by atoms with E-state index in [2.05, 4.69) is 52.0 Å². The zero-order valence-electron chi connectivity index (χ0n) is 19.1. The van der Waals surface area contributed by atoms with Crippen molar-refractivity contribution in [2.75, 3.05) is 23.2 Å². The fourth-order valence-electron chi connectivity index (χ4n) is 2.97. The average Bonchev–Trinajstić information content (AvgIpc) is 2.88. The van der Waals surface area contributed by atoms with Crippen molar-refractivity contribution in [3.63, 3.8) is 0 Å². The van der Waals surface area contributed by atoms with Crippen molar-refractivity contribution in [2.24, 2.45) is 5.10 Å². The number of hydrazone groups is 1. The monoisotopic (exact) mass is 566 g/mol. The SMILES string of the molecule is COc1ccc(Nc2nc(NN=Cc3cc(Br)c(O)cc3O)nc(Nc3ccc([N+](=O)[O-])cc3)n2)cc1. The van der Waals surface area contributed by atoms with Crippen LogP contribution in [0.4, 0.5) is 34.9 Å². The quantitative estimate of drug-likeness (QED) is 0.106. The van der Waals surface area contributed by atoms with Gasteiger partial charge in [0.05, 0.1) is 22.7 Å². The minimum Gasteiger partial charge on any atom is -0.507 e. The number of nitro groups is 1. The third kappa shape index (κ3) is 6.58. The number of nitrogens with one attached hydrogen (secondary N) is 3. The number of rotatable bonds is 9. The van der Waals surface area contributed by atoms with Crippen LogP contribution >= 0.6 is 15.9 Å². The molecule has 188 valence electrons. The van der Waals surface area contributed by atoms with Crippen molar-refractivity contribution in [2.45, 2.75) is 0 Å². The molecule has 0 aliphatic carbocycles. The van der Waals surface area contributed by atoms with E-state index in [0.717, 1.165) is 0 Å². The van der Waals surface area contributed by atoms with E-state index in [9.17, 15) is 20.3 Å². The van der Waals surface area contributed by atoms with Crippen molar-refractivity contribution in [3.05, 3.63) is 80.8 Å². The van der Waals surface area contributed by atoms with Gasteiger partial charge in [0.1, 0.15) is 17.2 Å². The Morgan fingerprint density at radius 1 is 0.919 bits per heavy atom. The fourth-order valence-corrected chi connectivity index (χ4v) is 3.33. The molecule has 4 aromatic rings. The highest BCUT2D eigenvalue weighted by molar-refractivity contribution is 9.10. The number of hydrogen-bond acceptors (Lipinski definition) is 12. The van der Waals surface area contributed by atoms with Gasteiger partial charge in [-0.1, -0.05) is 0 Å². The van der Waals surface area contributed by atoms with Gasteiger partial charge in [-0.05, 0) is 58.4 Å². The number of aromatic nitrogens is 3. The maximum atomic E-state index is 10.9. The first kappa shape index (κ1) is 25.1. The number of methoxy groups -OCH3 is 1. The van der Waals surface area contributed by atoms with Gasteiger partial charge in [-0.15, -0.1) is 0 Å². The minimum absolute atomic E-state index is 0.0520. The molecule has 0 radical (unpaired) electrons. The molecule has 0 aliphatic rings. The number of aromatic hydroxyl groups is 2. The lowest BCUT2D eigenvalue weighted by atomic mass is 10.2. The summed E-state index contributed by atoms with van der Waals surface area (Å²) in [5.74, 6) is 0.761. The fraction of sp³-hybridized carbons (Fsp3) is 0.0435. The zero-order chi connectivity index (χ0) is 26.4. The topological polar surface area (TPSA) is 180 Å². The minimum atomic E-state index is -0.492. The molecule has 0 aliphatic heterocycles. The molecule has 0 saturated carbocycles. The standard InChI is InChI=1S/C23H19BrN8O5/c1-37-17-8-4-15(5-9-17)27-22-28-21(26-14-2-6-16(7-3-14)32(35)36)29-23(30-22)31-25-12-13-10-18(24)20(34)11-19(13)33/h2-12,33-34H,1H3,(H3,26,27,28,29,30,31). The number of nitrogens with zero attached hydrogens (tertiary/aromatic N) is 5. The van der Waals surface area contributed by atoms with Gasteiger partial charge < -0.3 is 25.6 Å². The molecule has 1 aromatic heterocycles. The molecule has 1 heterocycles. The summed E-state index contributed by atoms with van der Waals surface area (Å²) < 4.78 is 5.55. The van der Waals surface area contributed by atoms with Crippen LogP contribution in [-0.2, 0) is 0 Å². The van der Waals surface area contributed by atoms with Crippen molar-refractivity contribution in [1.29, 1.82) is 0 Å². The number of ether oxygens (including phenoxy) is 1. The first-order valence-electron chi connectivity index (χ1n) is 10.5. The average molecular weight is 567 g/mol. The first-order valence-corrected chi connectivity index (χ1v) is 11.3. The summed E-state index contributed by atoms with van der Waals surface area (Å²) in [4.78, 5) is 23.4. The summed E-state index contributed by atoms with van der Waals surface area (Å²) in [6, 6.07) is 15.5. The molecule has 0 fully saturated rings. The van der Waals surface area contributed by atoms with Crippen LogP contribution in [0.15, 0.2) is 70.2 Å². The van der Waals surface area contributed by atoms with Crippen molar-refractivity contribution >= 4 is 57.1 Å². The highest BCUT2D eigenvalue weighted by atomic mass is 79.9.